The molecule has 0 heterocycles. The molecule has 1 atom stereocenters. The van der Waals surface area contributed by atoms with Crippen LogP contribution in [-0.4, -0.2) is 13.0 Å². The molecule has 0 saturated heterocycles. The number of carbonyl (C=O) groups excluding carboxylic acids is 1. The number of ether oxygens (including phenoxy) is 2. The zero-order chi connectivity index (χ0) is 22.9. The molecule has 0 aromatic heterocycles. The molecule has 5 nitrogen and oxygen atoms in total. The monoisotopic (exact) mass is 538 g/mol. The number of hydrogen-bond donors (Lipinski definition) is 1. The van der Waals surface area contributed by atoms with Gasteiger partial charge in [0.05, 0.1) is 16.7 Å². The first kappa shape index (κ1) is 23.4. The van der Waals surface area contributed by atoms with Gasteiger partial charge in [0, 0.05) is 0 Å². The summed E-state index contributed by atoms with van der Waals surface area (Å²) in [5.41, 5.74) is 2.71. The number of rotatable bonds is 8. The summed E-state index contributed by atoms with van der Waals surface area (Å²) in [5.74, 6) is 0.728. The van der Waals surface area contributed by atoms with Crippen molar-refractivity contribution in [1.29, 1.82) is 5.26 Å². The van der Waals surface area contributed by atoms with Crippen molar-refractivity contribution in [3.05, 3.63) is 98.6 Å². The Bertz CT molecular complexity index is 1140. The van der Waals surface area contributed by atoms with Crippen LogP contribution in [0.5, 0.6) is 11.5 Å². The van der Waals surface area contributed by atoms with Gasteiger partial charge < -0.3 is 14.8 Å². The van der Waals surface area contributed by atoms with Gasteiger partial charge in [-0.15, -0.1) is 0 Å². The van der Waals surface area contributed by atoms with E-state index in [4.69, 9.17) is 9.47 Å². The lowest BCUT2D eigenvalue weighted by molar-refractivity contribution is -0.117. The lowest BCUT2D eigenvalue weighted by Gasteiger charge is -2.15. The average molecular weight is 538 g/mol. The molecule has 3 aromatic carbocycles. The van der Waals surface area contributed by atoms with Crippen LogP contribution in [0.1, 0.15) is 29.7 Å². The molecule has 1 N–H and O–H groups in total. The van der Waals surface area contributed by atoms with E-state index < -0.39 is 5.91 Å². The highest BCUT2D eigenvalue weighted by Gasteiger charge is 2.16. The van der Waals surface area contributed by atoms with Crippen molar-refractivity contribution in [3.8, 4) is 17.6 Å². The van der Waals surface area contributed by atoms with Crippen molar-refractivity contribution in [2.45, 2.75) is 19.6 Å². The van der Waals surface area contributed by atoms with Gasteiger partial charge >= 0.3 is 0 Å². The fourth-order valence-corrected chi connectivity index (χ4v) is 3.89. The van der Waals surface area contributed by atoms with Gasteiger partial charge in [0.2, 0.25) is 0 Å². The Balaban J connectivity index is 1.79. The first-order valence-electron chi connectivity index (χ1n) is 10.0. The largest absolute Gasteiger partial charge is 0.493 e. The smallest absolute Gasteiger partial charge is 0.262 e. The summed E-state index contributed by atoms with van der Waals surface area (Å²) in [7, 11) is 1.56. The van der Waals surface area contributed by atoms with Crippen LogP contribution in [0.3, 0.4) is 0 Å². The third-order valence-electron chi connectivity index (χ3n) is 4.80. The zero-order valence-corrected chi connectivity index (χ0v) is 20.0. The van der Waals surface area contributed by atoms with Crippen molar-refractivity contribution >= 4 is 34.6 Å². The van der Waals surface area contributed by atoms with E-state index in [0.717, 1.165) is 14.7 Å². The summed E-state index contributed by atoms with van der Waals surface area (Å²) in [6.45, 7) is 2.29. The predicted octanol–water partition coefficient (Wildman–Crippen LogP) is 5.66. The minimum atomic E-state index is -0.428. The number of amides is 1. The van der Waals surface area contributed by atoms with Crippen LogP contribution >= 0.6 is 22.6 Å². The molecular formula is C26H23IN2O3. The van der Waals surface area contributed by atoms with E-state index in [0.29, 0.717) is 23.7 Å². The van der Waals surface area contributed by atoms with Gasteiger partial charge in [0.1, 0.15) is 18.2 Å². The van der Waals surface area contributed by atoms with E-state index in [1.165, 1.54) is 0 Å². The molecule has 0 aliphatic rings. The van der Waals surface area contributed by atoms with E-state index in [9.17, 15) is 10.1 Å². The van der Waals surface area contributed by atoms with Crippen LogP contribution < -0.4 is 14.8 Å². The van der Waals surface area contributed by atoms with Gasteiger partial charge in [-0.2, -0.15) is 5.26 Å². The SMILES string of the molecule is COc1cc(/C=C(/C#N)C(=O)N[C@@H](C)c2ccccc2)cc(I)c1OCc1ccccc1. The molecule has 0 aliphatic carbocycles. The Morgan fingerprint density at radius 2 is 1.78 bits per heavy atom. The third kappa shape index (κ3) is 6.11. The summed E-state index contributed by atoms with van der Waals surface area (Å²) in [5, 5.41) is 12.4. The first-order chi connectivity index (χ1) is 15.5. The molecule has 6 heteroatoms. The predicted molar refractivity (Wildman–Crippen MR) is 133 cm³/mol. The van der Waals surface area contributed by atoms with Crippen LogP contribution in [0.15, 0.2) is 78.4 Å². The van der Waals surface area contributed by atoms with Crippen LogP contribution in [0.4, 0.5) is 0 Å². The number of hydrogen-bond acceptors (Lipinski definition) is 4. The molecule has 0 radical (unpaired) electrons. The molecule has 3 aromatic rings. The van der Waals surface area contributed by atoms with Crippen molar-refractivity contribution in [2.24, 2.45) is 0 Å². The molecule has 0 unspecified atom stereocenters. The Labute approximate surface area is 201 Å². The molecule has 162 valence electrons. The second-order valence-electron chi connectivity index (χ2n) is 7.08. The maximum absolute atomic E-state index is 12.7. The lowest BCUT2D eigenvalue weighted by atomic mass is 10.1. The number of halogens is 1. The maximum Gasteiger partial charge on any atom is 0.262 e. The molecule has 0 aliphatic heterocycles. The Morgan fingerprint density at radius 1 is 1.12 bits per heavy atom. The van der Waals surface area contributed by atoms with Crippen molar-refractivity contribution in [2.75, 3.05) is 7.11 Å². The highest BCUT2D eigenvalue weighted by Crippen LogP contribution is 2.35. The van der Waals surface area contributed by atoms with Gasteiger partial charge in [-0.25, -0.2) is 0 Å². The van der Waals surface area contributed by atoms with Gasteiger partial charge in [-0.3, -0.25) is 4.79 Å². The fourth-order valence-electron chi connectivity index (χ4n) is 3.11. The minimum Gasteiger partial charge on any atom is -0.493 e. The number of nitrogens with zero attached hydrogens (tertiary/aromatic N) is 1. The Kier molecular flexibility index (Phi) is 8.28. The minimum absolute atomic E-state index is 0.0172. The summed E-state index contributed by atoms with van der Waals surface area (Å²) in [6.07, 6.45) is 1.55. The topological polar surface area (TPSA) is 71.3 Å². The van der Waals surface area contributed by atoms with E-state index in [1.54, 1.807) is 19.3 Å². The zero-order valence-electron chi connectivity index (χ0n) is 17.8. The summed E-state index contributed by atoms with van der Waals surface area (Å²) >= 11 is 2.16. The Morgan fingerprint density at radius 3 is 2.41 bits per heavy atom. The lowest BCUT2D eigenvalue weighted by Crippen LogP contribution is -2.27. The third-order valence-corrected chi connectivity index (χ3v) is 5.60. The van der Waals surface area contributed by atoms with Crippen molar-refractivity contribution in [3.63, 3.8) is 0 Å². The quantitative estimate of drug-likeness (QED) is 0.228. The summed E-state index contributed by atoms with van der Waals surface area (Å²) in [4.78, 5) is 12.7. The van der Waals surface area contributed by atoms with Crippen LogP contribution in [-0.2, 0) is 11.4 Å². The van der Waals surface area contributed by atoms with Gasteiger partial charge in [0.15, 0.2) is 11.5 Å². The van der Waals surface area contributed by atoms with Gasteiger partial charge in [-0.05, 0) is 64.4 Å². The van der Waals surface area contributed by atoms with Gasteiger partial charge in [0.25, 0.3) is 5.91 Å². The molecular weight excluding hydrogens is 515 g/mol. The molecule has 3 rings (SSSR count). The van der Waals surface area contributed by atoms with E-state index >= 15 is 0 Å². The molecule has 0 spiro atoms. The van der Waals surface area contributed by atoms with Crippen molar-refractivity contribution in [1.82, 2.24) is 5.32 Å². The molecule has 0 bridgehead atoms. The van der Waals surface area contributed by atoms with Gasteiger partial charge in [-0.1, -0.05) is 60.7 Å². The second kappa shape index (κ2) is 11.3. The highest BCUT2D eigenvalue weighted by atomic mass is 127. The molecule has 0 fully saturated rings. The molecule has 1 amide bonds. The number of methoxy groups -OCH3 is 1. The fraction of sp³-hybridized carbons (Fsp3) is 0.154. The molecule has 0 saturated carbocycles. The highest BCUT2D eigenvalue weighted by molar-refractivity contribution is 14.1. The number of nitrogens with one attached hydrogen (secondary N) is 1. The molecule has 32 heavy (non-hydrogen) atoms. The Hall–Kier alpha value is -3.31. The normalized spacial score (nSPS) is 11.9. The standard InChI is InChI=1S/C26H23IN2O3/c1-18(21-11-7-4-8-12-21)29-26(30)22(16-28)13-20-14-23(27)25(24(15-20)31-2)32-17-19-9-5-3-6-10-19/h3-15,18H,17H2,1-2H3,(H,29,30)/b22-13-/t18-/m0/s1. The maximum atomic E-state index is 12.7. The van der Waals surface area contributed by atoms with Crippen LogP contribution in [0.2, 0.25) is 0 Å². The van der Waals surface area contributed by atoms with E-state index in [2.05, 4.69) is 27.9 Å². The van der Waals surface area contributed by atoms with E-state index in [-0.39, 0.29) is 11.6 Å². The van der Waals surface area contributed by atoms with Crippen LogP contribution in [0.25, 0.3) is 6.08 Å². The van der Waals surface area contributed by atoms with E-state index in [1.807, 2.05) is 79.7 Å². The average Bonchev–Trinajstić information content (AvgIpc) is 2.82. The summed E-state index contributed by atoms with van der Waals surface area (Å²) in [6, 6.07) is 24.9. The van der Waals surface area contributed by atoms with Crippen molar-refractivity contribution < 1.29 is 14.3 Å². The summed E-state index contributed by atoms with van der Waals surface area (Å²) < 4.78 is 12.3. The number of nitriles is 1. The number of carbonyl (C=O) groups is 1. The second-order valence-corrected chi connectivity index (χ2v) is 8.25. The van der Waals surface area contributed by atoms with Crippen LogP contribution in [0, 0.1) is 14.9 Å². The number of benzene rings is 3. The first-order valence-corrected chi connectivity index (χ1v) is 11.1.